The van der Waals surface area contributed by atoms with Crippen molar-refractivity contribution < 1.29 is 9.32 Å². The Balaban J connectivity index is 1.72. The Morgan fingerprint density at radius 2 is 2.09 bits per heavy atom. The highest BCUT2D eigenvalue weighted by molar-refractivity contribution is 9.10. The molecule has 0 atom stereocenters. The molecule has 23 heavy (non-hydrogen) atoms. The summed E-state index contributed by atoms with van der Waals surface area (Å²) in [6.45, 7) is 2.23. The van der Waals surface area contributed by atoms with Crippen molar-refractivity contribution in [1.29, 1.82) is 0 Å². The van der Waals surface area contributed by atoms with Crippen LogP contribution in [0.5, 0.6) is 0 Å². The molecule has 6 nitrogen and oxygen atoms in total. The predicted octanol–water partition coefficient (Wildman–Crippen LogP) is 3.20. The fourth-order valence-corrected chi connectivity index (χ4v) is 2.51. The molecule has 1 aromatic carbocycles. The highest BCUT2D eigenvalue weighted by atomic mass is 79.9. The maximum atomic E-state index is 12.4. The van der Waals surface area contributed by atoms with Crippen molar-refractivity contribution >= 4 is 21.8 Å². The lowest BCUT2D eigenvalue weighted by molar-refractivity contribution is 0.0782. The van der Waals surface area contributed by atoms with Crippen molar-refractivity contribution in [3.63, 3.8) is 0 Å². The molecule has 2 heterocycles. The number of aromatic nitrogens is 3. The Morgan fingerprint density at radius 3 is 2.65 bits per heavy atom. The van der Waals surface area contributed by atoms with E-state index in [9.17, 15) is 4.79 Å². The SMILES string of the molecule is Cc1cc(CN(C)C(=O)c2ccc(-n3cc(Br)cn3)cc2)no1. The number of carbonyl (C=O) groups excluding carboxylic acids is 1. The lowest BCUT2D eigenvalue weighted by Crippen LogP contribution is -2.26. The van der Waals surface area contributed by atoms with Gasteiger partial charge in [-0.3, -0.25) is 4.79 Å². The van der Waals surface area contributed by atoms with Crippen molar-refractivity contribution in [2.75, 3.05) is 7.05 Å². The number of nitrogens with zero attached hydrogens (tertiary/aromatic N) is 4. The van der Waals surface area contributed by atoms with Crippen LogP contribution >= 0.6 is 15.9 Å². The number of rotatable bonds is 4. The third-order valence-electron chi connectivity index (χ3n) is 3.35. The Hall–Kier alpha value is -2.41. The van der Waals surface area contributed by atoms with Gasteiger partial charge in [-0.15, -0.1) is 0 Å². The van der Waals surface area contributed by atoms with Gasteiger partial charge in [0.25, 0.3) is 5.91 Å². The van der Waals surface area contributed by atoms with E-state index in [1.54, 1.807) is 35.0 Å². The molecule has 3 aromatic rings. The van der Waals surface area contributed by atoms with E-state index in [-0.39, 0.29) is 5.91 Å². The molecule has 0 saturated carbocycles. The van der Waals surface area contributed by atoms with Crippen LogP contribution in [0.25, 0.3) is 5.69 Å². The van der Waals surface area contributed by atoms with E-state index >= 15 is 0 Å². The van der Waals surface area contributed by atoms with Crippen LogP contribution in [0.15, 0.2) is 51.7 Å². The third-order valence-corrected chi connectivity index (χ3v) is 3.76. The molecule has 2 aromatic heterocycles. The minimum absolute atomic E-state index is 0.0705. The second-order valence-electron chi connectivity index (χ2n) is 5.24. The number of hydrogen-bond donors (Lipinski definition) is 0. The Morgan fingerprint density at radius 1 is 1.35 bits per heavy atom. The smallest absolute Gasteiger partial charge is 0.253 e. The molecule has 0 saturated heterocycles. The van der Waals surface area contributed by atoms with Crippen LogP contribution in [0.1, 0.15) is 21.8 Å². The van der Waals surface area contributed by atoms with Crippen LogP contribution in [0.2, 0.25) is 0 Å². The molecule has 0 unspecified atom stereocenters. The quantitative estimate of drug-likeness (QED) is 0.703. The van der Waals surface area contributed by atoms with Crippen molar-refractivity contribution in [1.82, 2.24) is 19.8 Å². The van der Waals surface area contributed by atoms with Crippen molar-refractivity contribution in [3.05, 3.63) is 64.2 Å². The largest absolute Gasteiger partial charge is 0.361 e. The molecule has 3 rings (SSSR count). The van der Waals surface area contributed by atoms with Crippen LogP contribution in [-0.4, -0.2) is 32.8 Å². The van der Waals surface area contributed by atoms with Gasteiger partial charge in [-0.25, -0.2) is 4.68 Å². The first-order valence-corrected chi connectivity index (χ1v) is 7.80. The van der Waals surface area contributed by atoms with Gasteiger partial charge in [0.05, 0.1) is 22.9 Å². The zero-order chi connectivity index (χ0) is 16.4. The molecule has 7 heteroatoms. The summed E-state index contributed by atoms with van der Waals surface area (Å²) in [5, 5.41) is 8.11. The summed E-state index contributed by atoms with van der Waals surface area (Å²) in [6, 6.07) is 9.12. The van der Waals surface area contributed by atoms with Gasteiger partial charge in [-0.2, -0.15) is 5.10 Å². The van der Waals surface area contributed by atoms with Gasteiger partial charge < -0.3 is 9.42 Å². The molecule has 1 amide bonds. The summed E-state index contributed by atoms with van der Waals surface area (Å²) in [5.41, 5.74) is 2.24. The van der Waals surface area contributed by atoms with Gasteiger partial charge in [0.15, 0.2) is 0 Å². The number of halogens is 1. The predicted molar refractivity (Wildman–Crippen MR) is 88.3 cm³/mol. The molecule has 0 fully saturated rings. The third kappa shape index (κ3) is 3.50. The zero-order valence-corrected chi connectivity index (χ0v) is 14.3. The highest BCUT2D eigenvalue weighted by Crippen LogP contribution is 2.15. The second-order valence-corrected chi connectivity index (χ2v) is 6.16. The Kier molecular flexibility index (Phi) is 4.29. The molecule has 0 aliphatic rings. The average Bonchev–Trinajstić information content (AvgIpc) is 3.15. The fourth-order valence-electron chi connectivity index (χ4n) is 2.23. The van der Waals surface area contributed by atoms with Gasteiger partial charge >= 0.3 is 0 Å². The molecule has 0 bridgehead atoms. The summed E-state index contributed by atoms with van der Waals surface area (Å²) >= 11 is 3.36. The van der Waals surface area contributed by atoms with E-state index in [0.717, 1.165) is 21.6 Å². The molecular weight excluding hydrogens is 360 g/mol. The lowest BCUT2D eigenvalue weighted by Gasteiger charge is -2.15. The van der Waals surface area contributed by atoms with E-state index in [0.29, 0.717) is 12.1 Å². The van der Waals surface area contributed by atoms with Crippen LogP contribution in [0.3, 0.4) is 0 Å². The molecule has 0 spiro atoms. The minimum atomic E-state index is -0.0705. The fraction of sp³-hybridized carbons (Fsp3) is 0.188. The van der Waals surface area contributed by atoms with Crippen molar-refractivity contribution in [2.45, 2.75) is 13.5 Å². The normalized spacial score (nSPS) is 10.7. The zero-order valence-electron chi connectivity index (χ0n) is 12.7. The topological polar surface area (TPSA) is 64.2 Å². The molecule has 0 radical (unpaired) electrons. The Labute approximate surface area is 141 Å². The van der Waals surface area contributed by atoms with Crippen LogP contribution in [-0.2, 0) is 6.54 Å². The van der Waals surface area contributed by atoms with E-state index in [1.807, 2.05) is 31.3 Å². The van der Waals surface area contributed by atoms with Crippen LogP contribution < -0.4 is 0 Å². The van der Waals surface area contributed by atoms with E-state index in [2.05, 4.69) is 26.2 Å². The van der Waals surface area contributed by atoms with Gasteiger partial charge in [0.1, 0.15) is 11.5 Å². The highest BCUT2D eigenvalue weighted by Gasteiger charge is 2.14. The van der Waals surface area contributed by atoms with Crippen molar-refractivity contribution in [3.8, 4) is 5.69 Å². The summed E-state index contributed by atoms with van der Waals surface area (Å²) < 4.78 is 7.66. The molecule has 118 valence electrons. The first-order valence-electron chi connectivity index (χ1n) is 7.01. The number of hydrogen-bond acceptors (Lipinski definition) is 4. The standard InChI is InChI=1S/C16H15BrN4O2/c1-11-7-14(19-23-11)10-20(2)16(22)12-3-5-15(6-4-12)21-9-13(17)8-18-21/h3-9H,10H2,1-2H3. The average molecular weight is 375 g/mol. The van der Waals surface area contributed by atoms with Crippen LogP contribution in [0.4, 0.5) is 0 Å². The maximum absolute atomic E-state index is 12.4. The summed E-state index contributed by atoms with van der Waals surface area (Å²) in [5.74, 6) is 0.662. The van der Waals surface area contributed by atoms with Crippen LogP contribution in [0, 0.1) is 6.92 Å². The molecule has 0 aliphatic heterocycles. The van der Waals surface area contributed by atoms with Gasteiger partial charge in [-0.05, 0) is 47.1 Å². The van der Waals surface area contributed by atoms with Crippen molar-refractivity contribution in [2.24, 2.45) is 0 Å². The van der Waals surface area contributed by atoms with Gasteiger partial charge in [0.2, 0.25) is 0 Å². The molecule has 0 N–H and O–H groups in total. The van der Waals surface area contributed by atoms with E-state index < -0.39 is 0 Å². The van der Waals surface area contributed by atoms with Gasteiger partial charge in [-0.1, -0.05) is 5.16 Å². The number of carbonyl (C=O) groups is 1. The number of benzene rings is 1. The monoisotopic (exact) mass is 374 g/mol. The molecular formula is C16H15BrN4O2. The second kappa shape index (κ2) is 6.37. The summed E-state index contributed by atoms with van der Waals surface area (Å²) in [7, 11) is 1.74. The van der Waals surface area contributed by atoms with E-state index in [1.165, 1.54) is 0 Å². The lowest BCUT2D eigenvalue weighted by atomic mass is 10.2. The summed E-state index contributed by atoms with van der Waals surface area (Å²) in [6.07, 6.45) is 3.57. The summed E-state index contributed by atoms with van der Waals surface area (Å²) in [4.78, 5) is 14.1. The maximum Gasteiger partial charge on any atom is 0.253 e. The minimum Gasteiger partial charge on any atom is -0.361 e. The van der Waals surface area contributed by atoms with Gasteiger partial charge in [0, 0.05) is 24.9 Å². The Bertz CT molecular complexity index is 823. The first-order chi connectivity index (χ1) is 11.0. The first kappa shape index (κ1) is 15.5. The number of amides is 1. The molecule has 0 aliphatic carbocycles. The number of aryl methyl sites for hydroxylation is 1. The van der Waals surface area contributed by atoms with E-state index in [4.69, 9.17) is 4.52 Å².